The molecular weight excluding hydrogens is 230 g/mol. The normalized spacial score (nSPS) is 17.3. The Morgan fingerprint density at radius 2 is 2.17 bits per heavy atom. The van der Waals surface area contributed by atoms with Crippen molar-refractivity contribution in [3.8, 4) is 0 Å². The van der Waals surface area contributed by atoms with Crippen LogP contribution in [0.4, 0.5) is 0 Å². The standard InChI is InChI=1S/C13H21N3O2/c1-15(10-6-4-3-5-7-10)9-12-11(13(17)18)8-16(2)14-12/h8,10H,3-7,9H2,1-2H3,(H,17,18). The van der Waals surface area contributed by atoms with Crippen molar-refractivity contribution in [1.29, 1.82) is 0 Å². The van der Waals surface area contributed by atoms with Crippen molar-refractivity contribution in [1.82, 2.24) is 14.7 Å². The molecule has 0 aliphatic heterocycles. The van der Waals surface area contributed by atoms with Gasteiger partial charge in [0.05, 0.1) is 5.69 Å². The van der Waals surface area contributed by atoms with Crippen molar-refractivity contribution < 1.29 is 9.90 Å². The Labute approximate surface area is 107 Å². The van der Waals surface area contributed by atoms with Crippen molar-refractivity contribution in [3.63, 3.8) is 0 Å². The van der Waals surface area contributed by atoms with Crippen LogP contribution in [0.5, 0.6) is 0 Å². The number of carboxylic acid groups (broad SMARTS) is 1. The Morgan fingerprint density at radius 3 is 2.78 bits per heavy atom. The molecule has 1 aromatic heterocycles. The SMILES string of the molecule is CN(Cc1nn(C)cc1C(=O)O)C1CCCCC1. The largest absolute Gasteiger partial charge is 0.478 e. The monoisotopic (exact) mass is 251 g/mol. The van der Waals surface area contributed by atoms with Gasteiger partial charge in [0, 0.05) is 25.8 Å². The molecule has 0 unspecified atom stereocenters. The van der Waals surface area contributed by atoms with Gasteiger partial charge in [-0.25, -0.2) is 4.79 Å². The lowest BCUT2D eigenvalue weighted by atomic mass is 9.94. The highest BCUT2D eigenvalue weighted by Crippen LogP contribution is 2.23. The number of carbonyl (C=O) groups is 1. The van der Waals surface area contributed by atoms with Gasteiger partial charge in [-0.3, -0.25) is 9.58 Å². The molecule has 2 rings (SSSR count). The van der Waals surface area contributed by atoms with Crippen LogP contribution in [0, 0.1) is 0 Å². The molecule has 1 aliphatic carbocycles. The average Bonchev–Trinajstić information content (AvgIpc) is 2.71. The zero-order valence-corrected chi connectivity index (χ0v) is 11.1. The van der Waals surface area contributed by atoms with Crippen molar-refractivity contribution in [2.45, 2.75) is 44.7 Å². The molecule has 100 valence electrons. The van der Waals surface area contributed by atoms with Gasteiger partial charge in [-0.05, 0) is 19.9 Å². The maximum atomic E-state index is 11.1. The van der Waals surface area contributed by atoms with Gasteiger partial charge in [-0.2, -0.15) is 5.10 Å². The summed E-state index contributed by atoms with van der Waals surface area (Å²) in [6.45, 7) is 0.618. The van der Waals surface area contributed by atoms with E-state index in [1.165, 1.54) is 32.1 Å². The second-order valence-electron chi connectivity index (χ2n) is 5.18. The summed E-state index contributed by atoms with van der Waals surface area (Å²) in [6, 6.07) is 0.572. The molecule has 0 spiro atoms. The minimum atomic E-state index is -0.893. The molecule has 0 atom stereocenters. The van der Waals surface area contributed by atoms with Crippen molar-refractivity contribution in [2.24, 2.45) is 7.05 Å². The molecule has 1 heterocycles. The molecule has 1 fully saturated rings. The van der Waals surface area contributed by atoms with E-state index < -0.39 is 5.97 Å². The molecule has 0 aromatic carbocycles. The van der Waals surface area contributed by atoms with Crippen LogP contribution in [-0.4, -0.2) is 38.8 Å². The van der Waals surface area contributed by atoms with E-state index in [9.17, 15) is 4.79 Å². The fraction of sp³-hybridized carbons (Fsp3) is 0.692. The molecule has 5 heteroatoms. The Hall–Kier alpha value is -1.36. The molecule has 1 N–H and O–H groups in total. The summed E-state index contributed by atoms with van der Waals surface area (Å²) in [7, 11) is 3.83. The highest BCUT2D eigenvalue weighted by Gasteiger charge is 2.21. The summed E-state index contributed by atoms with van der Waals surface area (Å²) in [5.41, 5.74) is 0.984. The third-order valence-corrected chi connectivity index (χ3v) is 3.73. The zero-order valence-electron chi connectivity index (χ0n) is 11.1. The summed E-state index contributed by atoms with van der Waals surface area (Å²) in [6.07, 6.45) is 7.89. The van der Waals surface area contributed by atoms with E-state index >= 15 is 0 Å². The summed E-state index contributed by atoms with van der Waals surface area (Å²) in [5, 5.41) is 13.4. The predicted molar refractivity (Wildman–Crippen MR) is 68.5 cm³/mol. The smallest absolute Gasteiger partial charge is 0.339 e. The number of carboxylic acids is 1. The van der Waals surface area contributed by atoms with Gasteiger partial charge in [-0.15, -0.1) is 0 Å². The number of aryl methyl sites for hydroxylation is 1. The molecule has 5 nitrogen and oxygen atoms in total. The van der Waals surface area contributed by atoms with Crippen LogP contribution in [-0.2, 0) is 13.6 Å². The van der Waals surface area contributed by atoms with E-state index in [1.54, 1.807) is 17.9 Å². The number of aromatic nitrogens is 2. The zero-order chi connectivity index (χ0) is 13.1. The second-order valence-corrected chi connectivity index (χ2v) is 5.18. The minimum Gasteiger partial charge on any atom is -0.478 e. The molecule has 1 aliphatic rings. The van der Waals surface area contributed by atoms with Gasteiger partial charge >= 0.3 is 5.97 Å². The number of nitrogens with zero attached hydrogens (tertiary/aromatic N) is 3. The van der Waals surface area contributed by atoms with Gasteiger partial charge in [0.2, 0.25) is 0 Å². The maximum Gasteiger partial charge on any atom is 0.339 e. The lowest BCUT2D eigenvalue weighted by Gasteiger charge is -2.30. The highest BCUT2D eigenvalue weighted by molar-refractivity contribution is 5.88. The van der Waals surface area contributed by atoms with Crippen molar-refractivity contribution in [3.05, 3.63) is 17.5 Å². The summed E-state index contributed by atoms with van der Waals surface area (Å²) in [4.78, 5) is 13.4. The van der Waals surface area contributed by atoms with Gasteiger partial charge in [0.15, 0.2) is 0 Å². The number of hydrogen-bond acceptors (Lipinski definition) is 3. The van der Waals surface area contributed by atoms with E-state index in [0.717, 1.165) is 0 Å². The first-order valence-corrected chi connectivity index (χ1v) is 6.54. The summed E-state index contributed by atoms with van der Waals surface area (Å²) in [5.74, 6) is -0.893. The Bertz CT molecular complexity index is 422. The lowest BCUT2D eigenvalue weighted by molar-refractivity contribution is 0.0693. The van der Waals surface area contributed by atoms with Crippen LogP contribution in [0.25, 0.3) is 0 Å². The molecule has 0 amide bonds. The molecule has 1 saturated carbocycles. The Morgan fingerprint density at radius 1 is 1.50 bits per heavy atom. The number of rotatable bonds is 4. The third-order valence-electron chi connectivity index (χ3n) is 3.73. The number of hydrogen-bond donors (Lipinski definition) is 1. The third kappa shape index (κ3) is 2.90. The molecular formula is C13H21N3O2. The predicted octanol–water partition coefficient (Wildman–Crippen LogP) is 1.88. The molecule has 0 saturated heterocycles. The van der Waals surface area contributed by atoms with Crippen LogP contribution in [0.3, 0.4) is 0 Å². The Balaban J connectivity index is 2.05. The van der Waals surface area contributed by atoms with Crippen LogP contribution < -0.4 is 0 Å². The van der Waals surface area contributed by atoms with Gasteiger partial charge in [-0.1, -0.05) is 19.3 Å². The Kier molecular flexibility index (Phi) is 4.01. The lowest BCUT2D eigenvalue weighted by Crippen LogP contribution is -2.33. The van der Waals surface area contributed by atoms with Crippen LogP contribution in [0.1, 0.15) is 48.2 Å². The van der Waals surface area contributed by atoms with E-state index in [4.69, 9.17) is 5.11 Å². The molecule has 0 radical (unpaired) electrons. The quantitative estimate of drug-likeness (QED) is 0.887. The maximum absolute atomic E-state index is 11.1. The average molecular weight is 251 g/mol. The molecule has 18 heavy (non-hydrogen) atoms. The summed E-state index contributed by atoms with van der Waals surface area (Å²) >= 11 is 0. The van der Waals surface area contributed by atoms with E-state index in [2.05, 4.69) is 17.0 Å². The van der Waals surface area contributed by atoms with E-state index in [-0.39, 0.29) is 0 Å². The first kappa shape index (κ1) is 13.1. The second kappa shape index (κ2) is 5.52. The fourth-order valence-corrected chi connectivity index (χ4v) is 2.72. The van der Waals surface area contributed by atoms with Crippen molar-refractivity contribution >= 4 is 5.97 Å². The van der Waals surface area contributed by atoms with Crippen LogP contribution >= 0.6 is 0 Å². The first-order chi connectivity index (χ1) is 8.58. The van der Waals surface area contributed by atoms with E-state index in [0.29, 0.717) is 23.8 Å². The summed E-state index contributed by atoms with van der Waals surface area (Å²) < 4.78 is 1.58. The molecule has 0 bridgehead atoms. The van der Waals surface area contributed by atoms with Gasteiger partial charge < -0.3 is 5.11 Å². The highest BCUT2D eigenvalue weighted by atomic mass is 16.4. The van der Waals surface area contributed by atoms with E-state index in [1.807, 2.05) is 0 Å². The minimum absolute atomic E-state index is 0.320. The van der Waals surface area contributed by atoms with Crippen molar-refractivity contribution in [2.75, 3.05) is 7.05 Å². The topological polar surface area (TPSA) is 58.4 Å². The number of aromatic carboxylic acids is 1. The van der Waals surface area contributed by atoms with Gasteiger partial charge in [0.25, 0.3) is 0 Å². The fourth-order valence-electron chi connectivity index (χ4n) is 2.72. The van der Waals surface area contributed by atoms with Gasteiger partial charge in [0.1, 0.15) is 5.56 Å². The molecule has 1 aromatic rings. The van der Waals surface area contributed by atoms with Crippen LogP contribution in [0.2, 0.25) is 0 Å². The first-order valence-electron chi connectivity index (χ1n) is 6.54. The van der Waals surface area contributed by atoms with Crippen LogP contribution in [0.15, 0.2) is 6.20 Å².